The number of hydrogen-bond acceptors (Lipinski definition) is 3. The fraction of sp³-hybridized carbons (Fsp3) is 0.615. The first-order valence-corrected chi connectivity index (χ1v) is 5.89. The molecule has 0 saturated carbocycles. The van der Waals surface area contributed by atoms with E-state index < -0.39 is 0 Å². The molecular formula is C13H23N3. The van der Waals surface area contributed by atoms with Gasteiger partial charge in [0.25, 0.3) is 0 Å². The topological polar surface area (TPSA) is 28.2 Å². The molecular weight excluding hydrogens is 198 g/mol. The first kappa shape index (κ1) is 13.1. The lowest BCUT2D eigenvalue weighted by Crippen LogP contribution is -2.23. The van der Waals surface area contributed by atoms with Crippen LogP contribution in [-0.4, -0.2) is 30.5 Å². The molecule has 1 aromatic rings. The van der Waals surface area contributed by atoms with Gasteiger partial charge in [0.15, 0.2) is 0 Å². The van der Waals surface area contributed by atoms with Crippen molar-refractivity contribution in [2.75, 3.05) is 20.6 Å². The predicted octanol–water partition coefficient (Wildman–Crippen LogP) is 1.89. The standard InChI is InChI=1S/C13H23N3/c1-11(2)9-16(4)10-13-7-5-6-12(15-13)8-14-3/h5-7,11,14H,8-10H2,1-4H3. The normalized spacial score (nSPS) is 11.4. The van der Waals surface area contributed by atoms with Gasteiger partial charge in [0.2, 0.25) is 0 Å². The number of hydrogen-bond donors (Lipinski definition) is 1. The molecule has 16 heavy (non-hydrogen) atoms. The maximum absolute atomic E-state index is 4.61. The van der Waals surface area contributed by atoms with E-state index in [9.17, 15) is 0 Å². The molecule has 1 heterocycles. The van der Waals surface area contributed by atoms with Gasteiger partial charge < -0.3 is 10.2 Å². The summed E-state index contributed by atoms with van der Waals surface area (Å²) in [5.41, 5.74) is 2.26. The Hall–Kier alpha value is -0.930. The van der Waals surface area contributed by atoms with Crippen LogP contribution in [0.15, 0.2) is 18.2 Å². The summed E-state index contributed by atoms with van der Waals surface area (Å²) in [6.45, 7) is 7.35. The Morgan fingerprint density at radius 1 is 1.31 bits per heavy atom. The van der Waals surface area contributed by atoms with Gasteiger partial charge in [-0.1, -0.05) is 19.9 Å². The van der Waals surface area contributed by atoms with Gasteiger partial charge in [-0.25, -0.2) is 0 Å². The molecule has 3 heteroatoms. The summed E-state index contributed by atoms with van der Waals surface area (Å²) in [5, 5.41) is 3.12. The number of pyridine rings is 1. The van der Waals surface area contributed by atoms with Crippen molar-refractivity contribution >= 4 is 0 Å². The lowest BCUT2D eigenvalue weighted by molar-refractivity contribution is 0.285. The molecule has 1 aromatic heterocycles. The molecule has 0 fully saturated rings. The van der Waals surface area contributed by atoms with E-state index in [0.29, 0.717) is 5.92 Å². The van der Waals surface area contributed by atoms with E-state index in [1.165, 1.54) is 0 Å². The zero-order valence-electron chi connectivity index (χ0n) is 10.8. The maximum atomic E-state index is 4.61. The molecule has 0 amide bonds. The van der Waals surface area contributed by atoms with Crippen molar-refractivity contribution < 1.29 is 0 Å². The monoisotopic (exact) mass is 221 g/mol. The third-order valence-electron chi connectivity index (χ3n) is 2.33. The molecule has 0 aliphatic carbocycles. The van der Waals surface area contributed by atoms with Crippen LogP contribution in [0.25, 0.3) is 0 Å². The largest absolute Gasteiger partial charge is 0.314 e. The summed E-state index contributed by atoms with van der Waals surface area (Å²) in [7, 11) is 4.09. The summed E-state index contributed by atoms with van der Waals surface area (Å²) < 4.78 is 0. The van der Waals surface area contributed by atoms with Crippen molar-refractivity contribution in [3.05, 3.63) is 29.6 Å². The molecule has 0 spiro atoms. The fourth-order valence-electron chi connectivity index (χ4n) is 1.86. The van der Waals surface area contributed by atoms with Gasteiger partial charge in [-0.05, 0) is 32.1 Å². The Morgan fingerprint density at radius 2 is 2.00 bits per heavy atom. The van der Waals surface area contributed by atoms with Gasteiger partial charge in [-0.2, -0.15) is 0 Å². The van der Waals surface area contributed by atoms with E-state index in [2.05, 4.69) is 54.3 Å². The predicted molar refractivity (Wildman–Crippen MR) is 68.2 cm³/mol. The highest BCUT2D eigenvalue weighted by atomic mass is 15.1. The summed E-state index contributed by atoms with van der Waals surface area (Å²) in [6, 6.07) is 6.23. The van der Waals surface area contributed by atoms with Crippen LogP contribution in [0, 0.1) is 5.92 Å². The average Bonchev–Trinajstić information content (AvgIpc) is 2.17. The van der Waals surface area contributed by atoms with Gasteiger partial charge in [0.05, 0.1) is 11.4 Å². The number of aromatic nitrogens is 1. The Kier molecular flexibility index (Phi) is 5.43. The summed E-state index contributed by atoms with van der Waals surface area (Å²) in [4.78, 5) is 6.92. The van der Waals surface area contributed by atoms with Crippen molar-refractivity contribution in [2.45, 2.75) is 26.9 Å². The maximum Gasteiger partial charge on any atom is 0.0547 e. The molecule has 0 aromatic carbocycles. The minimum absolute atomic E-state index is 0.700. The van der Waals surface area contributed by atoms with E-state index >= 15 is 0 Å². The van der Waals surface area contributed by atoms with Gasteiger partial charge in [0, 0.05) is 19.6 Å². The number of rotatable bonds is 6. The van der Waals surface area contributed by atoms with E-state index in [1.54, 1.807) is 0 Å². The van der Waals surface area contributed by atoms with Crippen LogP contribution in [0.4, 0.5) is 0 Å². The van der Waals surface area contributed by atoms with Crippen LogP contribution >= 0.6 is 0 Å². The molecule has 3 nitrogen and oxygen atoms in total. The van der Waals surface area contributed by atoms with E-state index in [0.717, 1.165) is 31.0 Å². The Morgan fingerprint density at radius 3 is 2.62 bits per heavy atom. The third-order valence-corrected chi connectivity index (χ3v) is 2.33. The highest BCUT2D eigenvalue weighted by Gasteiger charge is 2.04. The molecule has 1 N–H and O–H groups in total. The van der Waals surface area contributed by atoms with Gasteiger partial charge in [0.1, 0.15) is 0 Å². The van der Waals surface area contributed by atoms with Gasteiger partial charge in [-0.15, -0.1) is 0 Å². The smallest absolute Gasteiger partial charge is 0.0547 e. The van der Waals surface area contributed by atoms with Crippen LogP contribution in [0.5, 0.6) is 0 Å². The fourth-order valence-corrected chi connectivity index (χ4v) is 1.86. The van der Waals surface area contributed by atoms with Crippen molar-refractivity contribution in [2.24, 2.45) is 5.92 Å². The zero-order chi connectivity index (χ0) is 12.0. The number of nitrogens with zero attached hydrogens (tertiary/aromatic N) is 2. The molecule has 0 aliphatic heterocycles. The molecule has 1 rings (SSSR count). The molecule has 0 unspecified atom stereocenters. The molecule has 0 radical (unpaired) electrons. The van der Waals surface area contributed by atoms with Gasteiger partial charge >= 0.3 is 0 Å². The molecule has 90 valence electrons. The molecule has 0 atom stereocenters. The van der Waals surface area contributed by atoms with Crippen LogP contribution in [-0.2, 0) is 13.1 Å². The highest BCUT2D eigenvalue weighted by Crippen LogP contribution is 2.04. The van der Waals surface area contributed by atoms with E-state index in [4.69, 9.17) is 0 Å². The minimum Gasteiger partial charge on any atom is -0.314 e. The molecule has 0 bridgehead atoms. The summed E-state index contributed by atoms with van der Waals surface area (Å²) >= 11 is 0. The lowest BCUT2D eigenvalue weighted by Gasteiger charge is -2.18. The van der Waals surface area contributed by atoms with Crippen LogP contribution in [0.2, 0.25) is 0 Å². The third kappa shape index (κ3) is 4.73. The van der Waals surface area contributed by atoms with Crippen molar-refractivity contribution in [3.63, 3.8) is 0 Å². The van der Waals surface area contributed by atoms with Crippen molar-refractivity contribution in [1.29, 1.82) is 0 Å². The van der Waals surface area contributed by atoms with Crippen molar-refractivity contribution in [1.82, 2.24) is 15.2 Å². The summed E-state index contributed by atoms with van der Waals surface area (Å²) in [5.74, 6) is 0.700. The quantitative estimate of drug-likeness (QED) is 0.795. The first-order valence-electron chi connectivity index (χ1n) is 5.89. The second-order valence-electron chi connectivity index (χ2n) is 4.74. The van der Waals surface area contributed by atoms with Crippen LogP contribution in [0.1, 0.15) is 25.2 Å². The molecule has 0 saturated heterocycles. The molecule has 0 aliphatic rings. The zero-order valence-corrected chi connectivity index (χ0v) is 10.8. The highest BCUT2D eigenvalue weighted by molar-refractivity contribution is 5.11. The van der Waals surface area contributed by atoms with Crippen LogP contribution in [0.3, 0.4) is 0 Å². The number of nitrogens with one attached hydrogen (secondary N) is 1. The summed E-state index contributed by atoms with van der Waals surface area (Å²) in [6.07, 6.45) is 0. The first-order chi connectivity index (χ1) is 7.61. The SMILES string of the molecule is CNCc1cccc(CN(C)CC(C)C)n1. The van der Waals surface area contributed by atoms with Crippen LogP contribution < -0.4 is 5.32 Å². The Balaban J connectivity index is 2.55. The second kappa shape index (κ2) is 6.61. The minimum atomic E-state index is 0.700. The Labute approximate surface area is 98.9 Å². The average molecular weight is 221 g/mol. The van der Waals surface area contributed by atoms with E-state index in [1.807, 2.05) is 7.05 Å². The lowest BCUT2D eigenvalue weighted by atomic mass is 10.2. The van der Waals surface area contributed by atoms with Crippen molar-refractivity contribution in [3.8, 4) is 0 Å². The van der Waals surface area contributed by atoms with Gasteiger partial charge in [-0.3, -0.25) is 4.98 Å². The Bertz CT molecular complexity index is 310. The van der Waals surface area contributed by atoms with E-state index in [-0.39, 0.29) is 0 Å². The second-order valence-corrected chi connectivity index (χ2v) is 4.74.